The van der Waals surface area contributed by atoms with Crippen LogP contribution in [0.4, 0.5) is 0 Å². The molecule has 1 aromatic carbocycles. The molecule has 0 saturated carbocycles. The molecule has 1 N–H and O–H groups in total. The average Bonchev–Trinajstić information content (AvgIpc) is 3.40. The molecule has 0 saturated heterocycles. The Morgan fingerprint density at radius 1 is 1.11 bits per heavy atom. The van der Waals surface area contributed by atoms with Gasteiger partial charge in [-0.15, -0.1) is 5.10 Å². The van der Waals surface area contributed by atoms with Crippen molar-refractivity contribution in [2.75, 3.05) is 0 Å². The number of benzene rings is 1. The number of aromatic nitrogens is 5. The third kappa shape index (κ3) is 5.30. The Morgan fingerprint density at radius 2 is 1.79 bits per heavy atom. The maximum Gasteiger partial charge on any atom is 0.295 e. The van der Waals surface area contributed by atoms with Gasteiger partial charge in [-0.1, -0.05) is 58.3 Å². The van der Waals surface area contributed by atoms with Gasteiger partial charge in [0, 0.05) is 17.2 Å². The molecule has 0 radical (unpaired) electrons. The van der Waals surface area contributed by atoms with Gasteiger partial charge < -0.3 is 8.95 Å². The zero-order chi connectivity index (χ0) is 28.3. The van der Waals surface area contributed by atoms with Crippen LogP contribution < -0.4 is 0 Å². The largest absolute Gasteiger partial charge is 0.409 e. The third-order valence-corrected chi connectivity index (χ3v) is 12.4. The molecule has 0 aliphatic heterocycles. The molecule has 12 heteroatoms. The third-order valence-electron chi connectivity index (χ3n) is 7.04. The summed E-state index contributed by atoms with van der Waals surface area (Å²) in [6.07, 6.45) is 1.59. The van der Waals surface area contributed by atoms with Crippen molar-refractivity contribution in [2.24, 2.45) is 0 Å². The summed E-state index contributed by atoms with van der Waals surface area (Å²) in [5.41, 5.74) is 2.90. The number of hydrogen-bond donors (Lipinski definition) is 1. The Kier molecular flexibility index (Phi) is 6.92. The van der Waals surface area contributed by atoms with Gasteiger partial charge in [0.15, 0.2) is 19.8 Å². The number of hydrogen-bond acceptors (Lipinski definition) is 8. The van der Waals surface area contributed by atoms with E-state index in [4.69, 9.17) is 14.0 Å². The Balaban J connectivity index is 1.87. The molecule has 38 heavy (non-hydrogen) atoms. The van der Waals surface area contributed by atoms with Crippen molar-refractivity contribution >= 4 is 24.0 Å². The summed E-state index contributed by atoms with van der Waals surface area (Å²) in [5, 5.41) is 17.5. The Labute approximate surface area is 224 Å². The van der Waals surface area contributed by atoms with Crippen LogP contribution in [-0.2, 0) is 26.6 Å². The molecule has 0 amide bonds. The zero-order valence-corrected chi connectivity index (χ0v) is 25.1. The van der Waals surface area contributed by atoms with Crippen molar-refractivity contribution in [1.29, 1.82) is 0 Å². The van der Waals surface area contributed by atoms with Crippen molar-refractivity contribution in [1.82, 2.24) is 25.0 Å². The van der Waals surface area contributed by atoms with Crippen LogP contribution in [0.15, 0.2) is 39.9 Å². The lowest BCUT2D eigenvalue weighted by Gasteiger charge is -2.35. The molecule has 0 aliphatic carbocycles. The van der Waals surface area contributed by atoms with E-state index in [1.807, 2.05) is 27.7 Å². The number of fused-ring (bicyclic) bond motifs is 1. The highest BCUT2D eigenvalue weighted by molar-refractivity contribution is 7.86. The second kappa shape index (κ2) is 9.37. The van der Waals surface area contributed by atoms with E-state index in [1.54, 1.807) is 28.9 Å². The van der Waals surface area contributed by atoms with Crippen LogP contribution in [-0.4, -0.2) is 46.3 Å². The average molecular weight is 558 g/mol. The Bertz CT molecular complexity index is 1610. The van der Waals surface area contributed by atoms with Crippen LogP contribution in [0.2, 0.25) is 18.1 Å². The first-order chi connectivity index (χ1) is 17.4. The molecule has 4 rings (SSSR count). The summed E-state index contributed by atoms with van der Waals surface area (Å²) in [5.74, 6) is 0.891. The van der Waals surface area contributed by atoms with Crippen LogP contribution in [0.5, 0.6) is 0 Å². The van der Waals surface area contributed by atoms with Gasteiger partial charge in [0.25, 0.3) is 10.1 Å². The number of aryl methyl sites for hydroxylation is 1. The molecule has 4 aromatic rings. The summed E-state index contributed by atoms with van der Waals surface area (Å²) >= 11 is 0. The van der Waals surface area contributed by atoms with Crippen LogP contribution in [0.1, 0.15) is 58.4 Å². The van der Waals surface area contributed by atoms with Crippen molar-refractivity contribution in [3.63, 3.8) is 0 Å². The second-order valence-corrected chi connectivity index (χ2v) is 18.3. The highest BCUT2D eigenvalue weighted by Crippen LogP contribution is 2.40. The highest BCUT2D eigenvalue weighted by atomic mass is 32.2. The fraction of sp³-hybridized carbons (Fsp3) is 0.462. The SMILES string of the molecule is Cc1ccc(S(=O)(=O)O)c(-c2nn3c(-c4cc(CO[Si](C)(C)C(C)(C)C)on4)nncc3c2C(C)(C)C)c1. The van der Waals surface area contributed by atoms with Crippen LogP contribution in [0, 0.1) is 6.92 Å². The van der Waals surface area contributed by atoms with Crippen molar-refractivity contribution in [2.45, 2.75) is 83.5 Å². The fourth-order valence-corrected chi connectivity index (χ4v) is 5.60. The fourth-order valence-electron chi connectivity index (χ4n) is 3.99. The Morgan fingerprint density at radius 3 is 2.39 bits per heavy atom. The van der Waals surface area contributed by atoms with Gasteiger partial charge in [-0.05, 0) is 42.6 Å². The molecule has 0 spiro atoms. The molecule has 204 valence electrons. The lowest BCUT2D eigenvalue weighted by molar-refractivity contribution is 0.230. The van der Waals surface area contributed by atoms with Crippen molar-refractivity contribution in [3.05, 3.63) is 47.3 Å². The summed E-state index contributed by atoms with van der Waals surface area (Å²) in [7, 11) is -6.50. The van der Waals surface area contributed by atoms with Crippen LogP contribution in [0.25, 0.3) is 28.3 Å². The van der Waals surface area contributed by atoms with E-state index in [1.165, 1.54) is 6.07 Å². The van der Waals surface area contributed by atoms with E-state index in [-0.39, 0.29) is 16.5 Å². The maximum absolute atomic E-state index is 12.3. The van der Waals surface area contributed by atoms with Crippen molar-refractivity contribution < 1.29 is 21.9 Å². The molecule has 0 fully saturated rings. The van der Waals surface area contributed by atoms with Gasteiger partial charge in [0.1, 0.15) is 4.90 Å². The first-order valence-corrected chi connectivity index (χ1v) is 16.7. The van der Waals surface area contributed by atoms with Gasteiger partial charge in [0.05, 0.1) is 24.0 Å². The molecule has 0 atom stereocenters. The summed E-state index contributed by atoms with van der Waals surface area (Å²) < 4.78 is 47.9. The van der Waals surface area contributed by atoms with Crippen molar-refractivity contribution in [3.8, 4) is 22.8 Å². The molecule has 10 nitrogen and oxygen atoms in total. The minimum absolute atomic E-state index is 0.0540. The number of nitrogens with zero attached hydrogens (tertiary/aromatic N) is 5. The maximum atomic E-state index is 12.3. The van der Waals surface area contributed by atoms with E-state index in [2.05, 4.69) is 49.2 Å². The minimum atomic E-state index is -4.50. The molecular weight excluding hydrogens is 522 g/mol. The summed E-state index contributed by atoms with van der Waals surface area (Å²) in [6.45, 7) is 19.0. The van der Waals surface area contributed by atoms with E-state index in [0.717, 1.165) is 11.1 Å². The summed E-state index contributed by atoms with van der Waals surface area (Å²) in [6, 6.07) is 6.48. The first kappa shape index (κ1) is 28.1. The lowest BCUT2D eigenvalue weighted by atomic mass is 9.84. The van der Waals surface area contributed by atoms with E-state index in [0.29, 0.717) is 34.1 Å². The van der Waals surface area contributed by atoms with Gasteiger partial charge in [0.2, 0.25) is 5.82 Å². The lowest BCUT2D eigenvalue weighted by Crippen LogP contribution is -2.40. The number of rotatable bonds is 6. The molecule has 0 aliphatic rings. The van der Waals surface area contributed by atoms with E-state index >= 15 is 0 Å². The van der Waals surface area contributed by atoms with Crippen LogP contribution in [0.3, 0.4) is 0 Å². The molecule has 3 heterocycles. The van der Waals surface area contributed by atoms with Gasteiger partial charge in [-0.25, -0.2) is 4.52 Å². The van der Waals surface area contributed by atoms with Gasteiger partial charge in [-0.2, -0.15) is 18.6 Å². The predicted octanol–water partition coefficient (Wildman–Crippen LogP) is 5.82. The van der Waals surface area contributed by atoms with Gasteiger partial charge in [-0.3, -0.25) is 4.55 Å². The molecule has 0 bridgehead atoms. The standard InChI is InChI=1S/C26H35N5O5SSi/c1-16-10-11-21(37(32,33)34)18(12-16)23-22(25(2,3)4)20-14-27-28-24(31(20)29-23)19-13-17(36-30-19)15-35-38(8,9)26(5,6)7/h10-14H,15H2,1-9H3,(H,32,33,34). The molecule has 3 aromatic heterocycles. The summed E-state index contributed by atoms with van der Waals surface area (Å²) in [4.78, 5) is -0.217. The highest BCUT2D eigenvalue weighted by Gasteiger charge is 2.37. The Hall–Kier alpha value is -2.93. The molecule has 0 unspecified atom stereocenters. The smallest absolute Gasteiger partial charge is 0.295 e. The van der Waals surface area contributed by atoms with Crippen LogP contribution >= 0.6 is 0 Å². The minimum Gasteiger partial charge on any atom is -0.409 e. The molecular formula is C26H35N5O5SSi. The zero-order valence-electron chi connectivity index (χ0n) is 23.3. The quantitative estimate of drug-likeness (QED) is 0.230. The predicted molar refractivity (Wildman–Crippen MR) is 147 cm³/mol. The monoisotopic (exact) mass is 557 g/mol. The van der Waals surface area contributed by atoms with E-state index < -0.39 is 23.9 Å². The topological polar surface area (TPSA) is 133 Å². The second-order valence-electron chi connectivity index (χ2n) is 12.1. The van der Waals surface area contributed by atoms with Gasteiger partial charge >= 0.3 is 0 Å². The first-order valence-electron chi connectivity index (χ1n) is 12.3. The van der Waals surface area contributed by atoms with E-state index in [9.17, 15) is 13.0 Å². The normalized spacial score (nSPS) is 13.4.